The van der Waals surface area contributed by atoms with E-state index in [0.717, 1.165) is 0 Å². The van der Waals surface area contributed by atoms with Crippen molar-refractivity contribution in [2.45, 2.75) is 45.1 Å². The molecule has 0 saturated carbocycles. The maximum atomic E-state index is 12.5. The lowest BCUT2D eigenvalue weighted by Gasteiger charge is -2.32. The molecular formula is C11H15F6NO3. The molecule has 0 aliphatic heterocycles. The number of halogens is 6. The minimum Gasteiger partial charge on any atom is -0.481 e. The van der Waals surface area contributed by atoms with Crippen LogP contribution in [0.15, 0.2) is 0 Å². The maximum absolute atomic E-state index is 12.5. The van der Waals surface area contributed by atoms with Crippen LogP contribution in [-0.4, -0.2) is 46.8 Å². The molecule has 0 aromatic rings. The highest BCUT2D eigenvalue weighted by Gasteiger charge is 2.62. The predicted octanol–water partition coefficient (Wildman–Crippen LogP) is 2.83. The number of amides is 1. The molecular weight excluding hydrogens is 308 g/mol. The zero-order valence-corrected chi connectivity index (χ0v) is 11.3. The van der Waals surface area contributed by atoms with Crippen LogP contribution in [0.5, 0.6) is 0 Å². The van der Waals surface area contributed by atoms with Crippen LogP contribution in [0.2, 0.25) is 0 Å². The van der Waals surface area contributed by atoms with Crippen LogP contribution in [0.3, 0.4) is 0 Å². The van der Waals surface area contributed by atoms with E-state index in [1.807, 2.05) is 0 Å². The lowest BCUT2D eigenvalue weighted by atomic mass is 10.1. The van der Waals surface area contributed by atoms with Crippen molar-refractivity contribution < 1.29 is 41.0 Å². The van der Waals surface area contributed by atoms with Gasteiger partial charge in [0.2, 0.25) is 11.8 Å². The standard InChI is InChI=1S/C11H15F6NO3/c1-6(2)18(5-3-4-7(19)20)9(21)8(10(12,13)14)11(15,16)17/h6,8H,3-5H2,1-2H3,(H,19,20). The van der Waals surface area contributed by atoms with E-state index in [4.69, 9.17) is 5.11 Å². The van der Waals surface area contributed by atoms with E-state index in [2.05, 4.69) is 0 Å². The summed E-state index contributed by atoms with van der Waals surface area (Å²) in [5, 5.41) is 8.41. The maximum Gasteiger partial charge on any atom is 0.409 e. The second-order valence-corrected chi connectivity index (χ2v) is 4.64. The lowest BCUT2D eigenvalue weighted by Crippen LogP contribution is -2.51. The van der Waals surface area contributed by atoms with E-state index in [1.165, 1.54) is 13.8 Å². The van der Waals surface area contributed by atoms with Gasteiger partial charge in [-0.25, -0.2) is 0 Å². The van der Waals surface area contributed by atoms with Crippen molar-refractivity contribution in [2.24, 2.45) is 5.92 Å². The number of carbonyl (C=O) groups is 2. The van der Waals surface area contributed by atoms with Crippen LogP contribution in [0, 0.1) is 5.92 Å². The summed E-state index contributed by atoms with van der Waals surface area (Å²) in [4.78, 5) is 22.3. The summed E-state index contributed by atoms with van der Waals surface area (Å²) in [6.45, 7) is 2.01. The van der Waals surface area contributed by atoms with E-state index < -0.39 is 49.2 Å². The average Bonchev–Trinajstić information content (AvgIpc) is 2.18. The second kappa shape index (κ2) is 6.99. The third-order valence-corrected chi connectivity index (χ3v) is 2.60. The van der Waals surface area contributed by atoms with Gasteiger partial charge in [-0.2, -0.15) is 26.3 Å². The molecule has 1 N–H and O–H groups in total. The molecule has 0 spiro atoms. The van der Waals surface area contributed by atoms with Crippen molar-refractivity contribution >= 4 is 11.9 Å². The van der Waals surface area contributed by atoms with E-state index in [9.17, 15) is 35.9 Å². The third kappa shape index (κ3) is 6.21. The summed E-state index contributed by atoms with van der Waals surface area (Å²) >= 11 is 0. The van der Waals surface area contributed by atoms with Gasteiger partial charge in [-0.05, 0) is 20.3 Å². The highest BCUT2D eigenvalue weighted by Crippen LogP contribution is 2.40. The van der Waals surface area contributed by atoms with Crippen molar-refractivity contribution in [1.82, 2.24) is 4.90 Å². The van der Waals surface area contributed by atoms with Gasteiger partial charge in [0.15, 0.2) is 0 Å². The zero-order chi connectivity index (χ0) is 17.0. The van der Waals surface area contributed by atoms with Gasteiger partial charge in [-0.1, -0.05) is 0 Å². The first-order valence-electron chi connectivity index (χ1n) is 5.94. The molecule has 0 rings (SSSR count). The first-order chi connectivity index (χ1) is 9.28. The Morgan fingerprint density at radius 2 is 1.48 bits per heavy atom. The topological polar surface area (TPSA) is 57.6 Å². The Bertz CT molecular complexity index is 363. The minimum absolute atomic E-state index is 0.234. The number of carboxylic acids is 1. The van der Waals surface area contributed by atoms with Gasteiger partial charge in [0.1, 0.15) is 0 Å². The number of aliphatic carboxylic acids is 1. The van der Waals surface area contributed by atoms with Crippen LogP contribution in [0.4, 0.5) is 26.3 Å². The molecule has 0 unspecified atom stereocenters. The molecule has 21 heavy (non-hydrogen) atoms. The molecule has 0 radical (unpaired) electrons. The van der Waals surface area contributed by atoms with Crippen LogP contribution >= 0.6 is 0 Å². The summed E-state index contributed by atoms with van der Waals surface area (Å²) in [7, 11) is 0. The van der Waals surface area contributed by atoms with Crippen LogP contribution in [-0.2, 0) is 9.59 Å². The second-order valence-electron chi connectivity index (χ2n) is 4.64. The molecule has 0 aliphatic carbocycles. The number of rotatable bonds is 6. The quantitative estimate of drug-likeness (QED) is 0.765. The molecule has 10 heteroatoms. The smallest absolute Gasteiger partial charge is 0.409 e. The van der Waals surface area contributed by atoms with E-state index in [0.29, 0.717) is 4.90 Å². The average molecular weight is 323 g/mol. The van der Waals surface area contributed by atoms with Crippen molar-refractivity contribution in [1.29, 1.82) is 0 Å². The van der Waals surface area contributed by atoms with Crippen LogP contribution < -0.4 is 0 Å². The number of carboxylic acid groups (broad SMARTS) is 1. The molecule has 1 amide bonds. The molecule has 0 aliphatic rings. The molecule has 0 bridgehead atoms. The van der Waals surface area contributed by atoms with Gasteiger partial charge in [0.25, 0.3) is 0 Å². The van der Waals surface area contributed by atoms with E-state index in [1.54, 1.807) is 0 Å². The Labute approximate surface area is 116 Å². The van der Waals surface area contributed by atoms with Crippen molar-refractivity contribution in [2.75, 3.05) is 6.54 Å². The molecule has 0 aromatic heterocycles. The normalized spacial score (nSPS) is 12.9. The SMILES string of the molecule is CC(C)N(CCCC(=O)O)C(=O)C(C(F)(F)F)C(F)(F)F. The Morgan fingerprint density at radius 1 is 1.05 bits per heavy atom. The van der Waals surface area contributed by atoms with Crippen molar-refractivity contribution in [3.8, 4) is 0 Å². The van der Waals surface area contributed by atoms with Gasteiger partial charge in [0.05, 0.1) is 0 Å². The fraction of sp³-hybridized carbons (Fsp3) is 0.818. The van der Waals surface area contributed by atoms with E-state index >= 15 is 0 Å². The molecule has 0 fully saturated rings. The fourth-order valence-electron chi connectivity index (χ4n) is 1.65. The largest absolute Gasteiger partial charge is 0.481 e. The number of nitrogens with zero attached hydrogens (tertiary/aromatic N) is 1. The Kier molecular flexibility index (Phi) is 6.50. The Hall–Kier alpha value is -1.48. The van der Waals surface area contributed by atoms with Gasteiger partial charge in [0, 0.05) is 19.0 Å². The number of alkyl halides is 6. The highest BCUT2D eigenvalue weighted by molar-refractivity contribution is 5.80. The van der Waals surface area contributed by atoms with E-state index in [-0.39, 0.29) is 6.42 Å². The minimum atomic E-state index is -5.75. The summed E-state index contributed by atoms with van der Waals surface area (Å²) < 4.78 is 74.9. The number of hydrogen-bond donors (Lipinski definition) is 1. The summed E-state index contributed by atoms with van der Waals surface area (Å²) in [6.07, 6.45) is -12.2. The fourth-order valence-corrected chi connectivity index (χ4v) is 1.65. The highest BCUT2D eigenvalue weighted by atomic mass is 19.4. The van der Waals surface area contributed by atoms with Crippen LogP contribution in [0.1, 0.15) is 26.7 Å². The molecule has 0 atom stereocenters. The predicted molar refractivity (Wildman–Crippen MR) is 59.3 cm³/mol. The number of carbonyl (C=O) groups excluding carboxylic acids is 1. The number of hydrogen-bond acceptors (Lipinski definition) is 2. The van der Waals surface area contributed by atoms with Crippen molar-refractivity contribution in [3.05, 3.63) is 0 Å². The summed E-state index contributed by atoms with van der Waals surface area (Å²) in [5.74, 6) is -7.47. The van der Waals surface area contributed by atoms with Gasteiger partial charge in [-0.3, -0.25) is 9.59 Å². The van der Waals surface area contributed by atoms with Crippen molar-refractivity contribution in [3.63, 3.8) is 0 Å². The molecule has 0 aromatic carbocycles. The third-order valence-electron chi connectivity index (χ3n) is 2.60. The van der Waals surface area contributed by atoms with Gasteiger partial charge < -0.3 is 10.0 Å². The zero-order valence-electron chi connectivity index (χ0n) is 11.3. The Morgan fingerprint density at radius 3 is 1.76 bits per heavy atom. The van der Waals surface area contributed by atoms with Crippen LogP contribution in [0.25, 0.3) is 0 Å². The first kappa shape index (κ1) is 19.5. The Balaban J connectivity index is 5.20. The molecule has 0 saturated heterocycles. The van der Waals surface area contributed by atoms with Gasteiger partial charge in [-0.15, -0.1) is 0 Å². The molecule has 124 valence electrons. The summed E-state index contributed by atoms with van der Waals surface area (Å²) in [6, 6.07) is -0.918. The monoisotopic (exact) mass is 323 g/mol. The summed E-state index contributed by atoms with van der Waals surface area (Å²) in [5.41, 5.74) is 0. The lowest BCUT2D eigenvalue weighted by molar-refractivity contribution is -0.278. The first-order valence-corrected chi connectivity index (χ1v) is 5.94. The molecule has 4 nitrogen and oxygen atoms in total. The van der Waals surface area contributed by atoms with Gasteiger partial charge >= 0.3 is 18.3 Å². The molecule has 0 heterocycles.